The molecule has 0 amide bonds. The Bertz CT molecular complexity index is 3490. The first-order chi connectivity index (χ1) is 30.5. The molecule has 3 nitrogen and oxygen atoms in total. The largest absolute Gasteiger partial charge is 0.456 e. The summed E-state index contributed by atoms with van der Waals surface area (Å²) in [5.41, 5.74) is 16.0. The van der Waals surface area contributed by atoms with Crippen molar-refractivity contribution < 1.29 is 4.42 Å². The van der Waals surface area contributed by atoms with Crippen LogP contribution in [0.15, 0.2) is 223 Å². The molecule has 0 fully saturated rings. The van der Waals surface area contributed by atoms with Crippen molar-refractivity contribution in [3.63, 3.8) is 0 Å². The molecule has 1 aliphatic rings. The Balaban J connectivity index is 0.936. The zero-order chi connectivity index (χ0) is 41.4. The first-order valence-electron chi connectivity index (χ1n) is 21.4. The van der Waals surface area contributed by atoms with E-state index >= 15 is 0 Å². The second kappa shape index (κ2) is 14.1. The highest BCUT2D eigenvalue weighted by atomic mass is 16.3. The van der Waals surface area contributed by atoms with Crippen LogP contribution in [-0.2, 0) is 5.41 Å². The molecule has 0 saturated carbocycles. The second-order valence-electron chi connectivity index (χ2n) is 16.9. The first kappa shape index (κ1) is 36.0. The van der Waals surface area contributed by atoms with Crippen molar-refractivity contribution in [1.29, 1.82) is 0 Å². The van der Waals surface area contributed by atoms with Crippen molar-refractivity contribution in [2.24, 2.45) is 0 Å². The van der Waals surface area contributed by atoms with Crippen molar-refractivity contribution >= 4 is 77.6 Å². The molecular weight excluding hydrogens is 753 g/mol. The van der Waals surface area contributed by atoms with Gasteiger partial charge in [-0.3, -0.25) is 0 Å². The summed E-state index contributed by atoms with van der Waals surface area (Å²) in [6.45, 7) is 4.70. The Morgan fingerprint density at radius 1 is 0.339 bits per heavy atom. The molecule has 0 radical (unpaired) electrons. The lowest BCUT2D eigenvalue weighted by Gasteiger charge is -2.29. The molecule has 0 spiro atoms. The molecule has 10 aromatic carbocycles. The molecule has 11 aromatic rings. The van der Waals surface area contributed by atoms with Gasteiger partial charge in [-0.15, -0.1) is 0 Å². The van der Waals surface area contributed by atoms with Crippen LogP contribution in [0.4, 0.5) is 34.1 Å². The van der Waals surface area contributed by atoms with Crippen molar-refractivity contribution in [3.05, 3.63) is 230 Å². The molecular formula is C59H42N2O. The quantitative estimate of drug-likeness (QED) is 0.160. The fraction of sp³-hybridized carbons (Fsp3) is 0.0508. The summed E-state index contributed by atoms with van der Waals surface area (Å²) >= 11 is 0. The van der Waals surface area contributed by atoms with Gasteiger partial charge in [-0.05, 0) is 111 Å². The third kappa shape index (κ3) is 5.73. The minimum atomic E-state index is -0.105. The van der Waals surface area contributed by atoms with E-state index < -0.39 is 0 Å². The molecule has 62 heavy (non-hydrogen) atoms. The van der Waals surface area contributed by atoms with Gasteiger partial charge in [0, 0.05) is 55.8 Å². The van der Waals surface area contributed by atoms with Crippen molar-refractivity contribution in [1.82, 2.24) is 0 Å². The van der Waals surface area contributed by atoms with Gasteiger partial charge in [0.25, 0.3) is 0 Å². The van der Waals surface area contributed by atoms with Crippen LogP contribution in [0.5, 0.6) is 0 Å². The minimum absolute atomic E-state index is 0.105. The lowest BCUT2D eigenvalue weighted by Crippen LogP contribution is -2.16. The topological polar surface area (TPSA) is 19.6 Å². The smallest absolute Gasteiger partial charge is 0.137 e. The van der Waals surface area contributed by atoms with Crippen molar-refractivity contribution in [3.8, 4) is 22.3 Å². The summed E-state index contributed by atoms with van der Waals surface area (Å²) in [5, 5.41) is 7.06. The predicted molar refractivity (Wildman–Crippen MR) is 261 cm³/mol. The SMILES string of the molecule is CC1(C)c2ccccc2-c2ccc(N(c3ccc(-c4ccc(N(c5ccc6c(c5)oc5ccccc56)c5cccc6ccccc56)cc4)cc3)c3cccc4ccccc34)cc21. The van der Waals surface area contributed by atoms with E-state index in [1.54, 1.807) is 0 Å². The fourth-order valence-corrected chi connectivity index (χ4v) is 9.95. The monoisotopic (exact) mass is 794 g/mol. The molecule has 0 saturated heterocycles. The Kier molecular flexibility index (Phi) is 8.20. The predicted octanol–water partition coefficient (Wildman–Crippen LogP) is 16.8. The van der Waals surface area contributed by atoms with Crippen LogP contribution in [0.2, 0.25) is 0 Å². The fourth-order valence-electron chi connectivity index (χ4n) is 9.95. The van der Waals surface area contributed by atoms with E-state index in [2.05, 4.69) is 230 Å². The van der Waals surface area contributed by atoms with Gasteiger partial charge >= 0.3 is 0 Å². The van der Waals surface area contributed by atoms with Gasteiger partial charge in [0.2, 0.25) is 0 Å². The highest BCUT2D eigenvalue weighted by molar-refractivity contribution is 6.07. The third-order valence-electron chi connectivity index (χ3n) is 13.0. The molecule has 0 N–H and O–H groups in total. The summed E-state index contributed by atoms with van der Waals surface area (Å²) in [4.78, 5) is 4.77. The standard InChI is InChI=1S/C59H42N2O/c1-59(2)53-21-9-7-19-49(53)50-35-33-45(37-54(50)59)60(55-22-11-15-41-13-3-5-17-47(41)55)43-29-25-39(26-30-43)40-27-31-44(32-28-40)61(56-23-12-16-42-14-4-6-18-48(42)56)46-34-36-52-51-20-8-10-24-57(51)62-58(52)38-46/h3-38H,1-2H3. The molecule has 1 aromatic heterocycles. The van der Waals surface area contributed by atoms with Gasteiger partial charge in [0.1, 0.15) is 11.2 Å². The molecule has 12 rings (SSSR count). The number of nitrogens with zero attached hydrogens (tertiary/aromatic N) is 2. The average molecular weight is 795 g/mol. The Hall–Kier alpha value is -7.88. The number of rotatable bonds is 7. The summed E-state index contributed by atoms with van der Waals surface area (Å²) in [7, 11) is 0. The summed E-state index contributed by atoms with van der Waals surface area (Å²) in [6, 6.07) is 79.2. The van der Waals surface area contributed by atoms with Gasteiger partial charge in [-0.25, -0.2) is 0 Å². The maximum Gasteiger partial charge on any atom is 0.137 e. The first-order valence-corrected chi connectivity index (χ1v) is 21.4. The number of anilines is 6. The van der Waals surface area contributed by atoms with E-state index in [9.17, 15) is 0 Å². The van der Waals surface area contributed by atoms with Crippen LogP contribution in [0.3, 0.4) is 0 Å². The van der Waals surface area contributed by atoms with E-state index in [1.807, 2.05) is 12.1 Å². The number of furan rings is 1. The van der Waals surface area contributed by atoms with Crippen LogP contribution in [0.1, 0.15) is 25.0 Å². The minimum Gasteiger partial charge on any atom is -0.456 e. The zero-order valence-corrected chi connectivity index (χ0v) is 34.6. The van der Waals surface area contributed by atoms with Crippen molar-refractivity contribution in [2.75, 3.05) is 9.80 Å². The zero-order valence-electron chi connectivity index (χ0n) is 34.6. The second-order valence-corrected chi connectivity index (χ2v) is 16.9. The van der Waals surface area contributed by atoms with E-state index in [4.69, 9.17) is 4.42 Å². The molecule has 1 heterocycles. The molecule has 1 aliphatic carbocycles. The number of hydrogen-bond acceptors (Lipinski definition) is 3. The molecule has 0 unspecified atom stereocenters. The third-order valence-corrected chi connectivity index (χ3v) is 13.0. The van der Waals surface area contributed by atoms with E-state index in [0.717, 1.165) is 67.2 Å². The lowest BCUT2D eigenvalue weighted by molar-refractivity contribution is 0.660. The van der Waals surface area contributed by atoms with Gasteiger partial charge in [-0.1, -0.05) is 159 Å². The Morgan fingerprint density at radius 2 is 0.806 bits per heavy atom. The summed E-state index contributed by atoms with van der Waals surface area (Å²) < 4.78 is 6.40. The average Bonchev–Trinajstić information content (AvgIpc) is 3.81. The van der Waals surface area contributed by atoms with Crippen LogP contribution in [0.25, 0.3) is 65.7 Å². The van der Waals surface area contributed by atoms with Crippen LogP contribution in [0, 0.1) is 0 Å². The normalized spacial score (nSPS) is 12.8. The number of benzene rings is 10. The van der Waals surface area contributed by atoms with Crippen LogP contribution in [-0.4, -0.2) is 0 Å². The molecule has 0 aliphatic heterocycles. The van der Waals surface area contributed by atoms with Gasteiger partial charge in [-0.2, -0.15) is 0 Å². The lowest BCUT2D eigenvalue weighted by atomic mass is 9.82. The Morgan fingerprint density at radius 3 is 1.45 bits per heavy atom. The molecule has 3 heteroatoms. The maximum absolute atomic E-state index is 6.40. The van der Waals surface area contributed by atoms with E-state index in [-0.39, 0.29) is 5.41 Å². The van der Waals surface area contributed by atoms with Gasteiger partial charge in [0.05, 0.1) is 11.4 Å². The highest BCUT2D eigenvalue weighted by Gasteiger charge is 2.36. The number of hydrogen-bond donors (Lipinski definition) is 0. The molecule has 0 bridgehead atoms. The molecule has 0 atom stereocenters. The van der Waals surface area contributed by atoms with Crippen molar-refractivity contribution in [2.45, 2.75) is 19.3 Å². The maximum atomic E-state index is 6.40. The summed E-state index contributed by atoms with van der Waals surface area (Å²) in [6.07, 6.45) is 0. The number of fused-ring (bicyclic) bond motifs is 8. The van der Waals surface area contributed by atoms with Crippen LogP contribution < -0.4 is 9.80 Å². The van der Waals surface area contributed by atoms with E-state index in [0.29, 0.717) is 0 Å². The summed E-state index contributed by atoms with van der Waals surface area (Å²) in [5.74, 6) is 0. The van der Waals surface area contributed by atoms with Crippen LogP contribution >= 0.6 is 0 Å². The Labute approximate surface area is 361 Å². The van der Waals surface area contributed by atoms with Gasteiger partial charge in [0.15, 0.2) is 0 Å². The number of para-hydroxylation sites is 1. The highest BCUT2D eigenvalue weighted by Crippen LogP contribution is 2.51. The van der Waals surface area contributed by atoms with Gasteiger partial charge < -0.3 is 14.2 Å². The molecule has 294 valence electrons. The van der Waals surface area contributed by atoms with E-state index in [1.165, 1.54) is 43.8 Å².